The number of ether oxygens (including phenoxy) is 1. The largest absolute Gasteiger partial charge is 0.480 e. The van der Waals surface area contributed by atoms with Gasteiger partial charge in [0.15, 0.2) is 0 Å². The van der Waals surface area contributed by atoms with Gasteiger partial charge in [-0.05, 0) is 46.9 Å². The lowest BCUT2D eigenvalue weighted by Crippen LogP contribution is -2.18. The molecule has 0 saturated carbocycles. The van der Waals surface area contributed by atoms with Gasteiger partial charge in [0.1, 0.15) is 11.9 Å². The van der Waals surface area contributed by atoms with E-state index in [1.165, 1.54) is 5.56 Å². The van der Waals surface area contributed by atoms with Crippen LogP contribution in [0.3, 0.4) is 0 Å². The Balaban J connectivity index is 1.93. The molecule has 6 heteroatoms. The van der Waals surface area contributed by atoms with E-state index in [-0.39, 0.29) is 11.9 Å². The highest BCUT2D eigenvalue weighted by Crippen LogP contribution is 2.47. The topological polar surface area (TPSA) is 69.4 Å². The lowest BCUT2D eigenvalue weighted by molar-refractivity contribution is 0.243. The molecule has 1 aliphatic rings. The standard InChI is InChI=1S/C22H20ClNO3S/c1-2-15-5-4-8-20-21(15)18-10-9-14(13-28(24,25)26)11-19(18)22(27-20)16-6-3-7-17(23)12-16/h3-12,22H,2,13H2,1H3,(H2,24,25,26). The van der Waals surface area contributed by atoms with Crippen molar-refractivity contribution in [2.75, 3.05) is 0 Å². The van der Waals surface area contributed by atoms with Crippen molar-refractivity contribution < 1.29 is 13.2 Å². The van der Waals surface area contributed by atoms with Crippen molar-refractivity contribution in [1.29, 1.82) is 0 Å². The number of nitrogens with two attached hydrogens (primary N) is 1. The molecule has 0 amide bonds. The van der Waals surface area contributed by atoms with Crippen LogP contribution in [0.5, 0.6) is 5.75 Å². The molecule has 0 aromatic heterocycles. The summed E-state index contributed by atoms with van der Waals surface area (Å²) >= 11 is 6.21. The first-order valence-corrected chi connectivity index (χ1v) is 11.1. The highest BCUT2D eigenvalue weighted by atomic mass is 35.5. The number of aryl methyl sites for hydroxylation is 1. The number of hydrogen-bond donors (Lipinski definition) is 1. The summed E-state index contributed by atoms with van der Waals surface area (Å²) in [6, 6.07) is 19.2. The van der Waals surface area contributed by atoms with Gasteiger partial charge in [-0.3, -0.25) is 0 Å². The van der Waals surface area contributed by atoms with Crippen LogP contribution in [-0.4, -0.2) is 8.42 Å². The zero-order valence-corrected chi connectivity index (χ0v) is 16.9. The molecule has 28 heavy (non-hydrogen) atoms. The second-order valence-electron chi connectivity index (χ2n) is 6.93. The minimum atomic E-state index is -3.63. The predicted molar refractivity (Wildman–Crippen MR) is 112 cm³/mol. The van der Waals surface area contributed by atoms with Gasteiger partial charge in [0.25, 0.3) is 0 Å². The summed E-state index contributed by atoms with van der Waals surface area (Å²) < 4.78 is 29.6. The van der Waals surface area contributed by atoms with Crippen LogP contribution in [0.25, 0.3) is 11.1 Å². The van der Waals surface area contributed by atoms with Crippen molar-refractivity contribution in [3.05, 3.63) is 87.9 Å². The fraction of sp³-hybridized carbons (Fsp3) is 0.182. The molecule has 4 rings (SSSR count). The minimum Gasteiger partial charge on any atom is -0.480 e. The molecule has 3 aromatic carbocycles. The fourth-order valence-corrected chi connectivity index (χ4v) is 4.60. The van der Waals surface area contributed by atoms with E-state index in [2.05, 4.69) is 13.0 Å². The third-order valence-corrected chi connectivity index (χ3v) is 5.90. The first-order chi connectivity index (χ1) is 13.4. The van der Waals surface area contributed by atoms with Crippen LogP contribution in [0.2, 0.25) is 5.02 Å². The number of primary sulfonamides is 1. The first-order valence-electron chi connectivity index (χ1n) is 9.03. The van der Waals surface area contributed by atoms with Gasteiger partial charge in [0, 0.05) is 16.1 Å². The maximum absolute atomic E-state index is 11.6. The highest BCUT2D eigenvalue weighted by molar-refractivity contribution is 7.88. The molecule has 3 aromatic rings. The third-order valence-electron chi connectivity index (χ3n) is 4.93. The molecule has 1 unspecified atom stereocenters. The summed E-state index contributed by atoms with van der Waals surface area (Å²) in [5, 5.41) is 5.88. The van der Waals surface area contributed by atoms with Gasteiger partial charge >= 0.3 is 0 Å². The number of hydrogen-bond acceptors (Lipinski definition) is 3. The van der Waals surface area contributed by atoms with Gasteiger partial charge in [0.2, 0.25) is 10.0 Å². The van der Waals surface area contributed by atoms with Gasteiger partial charge in [-0.25, -0.2) is 13.6 Å². The van der Waals surface area contributed by atoms with E-state index in [4.69, 9.17) is 21.5 Å². The van der Waals surface area contributed by atoms with Crippen molar-refractivity contribution in [1.82, 2.24) is 0 Å². The summed E-state index contributed by atoms with van der Waals surface area (Å²) in [4.78, 5) is 0. The Morgan fingerprint density at radius 3 is 2.57 bits per heavy atom. The molecule has 0 spiro atoms. The Morgan fingerprint density at radius 2 is 1.86 bits per heavy atom. The van der Waals surface area contributed by atoms with Gasteiger partial charge in [-0.15, -0.1) is 0 Å². The lowest BCUT2D eigenvalue weighted by Gasteiger charge is -2.31. The van der Waals surface area contributed by atoms with E-state index in [1.54, 1.807) is 0 Å². The van der Waals surface area contributed by atoms with Crippen LogP contribution in [0.4, 0.5) is 0 Å². The molecule has 4 nitrogen and oxygen atoms in total. The smallest absolute Gasteiger partial charge is 0.213 e. The Bertz CT molecular complexity index is 1160. The molecule has 1 atom stereocenters. The summed E-state index contributed by atoms with van der Waals surface area (Å²) in [7, 11) is -3.63. The van der Waals surface area contributed by atoms with Gasteiger partial charge in [-0.2, -0.15) is 0 Å². The molecule has 0 fully saturated rings. The number of fused-ring (bicyclic) bond motifs is 3. The first kappa shape index (κ1) is 19.0. The van der Waals surface area contributed by atoms with Crippen LogP contribution < -0.4 is 9.88 Å². The molecule has 2 N–H and O–H groups in total. The van der Waals surface area contributed by atoms with E-state index in [1.807, 2.05) is 54.6 Å². The third kappa shape index (κ3) is 3.65. The zero-order chi connectivity index (χ0) is 19.9. The Hall–Kier alpha value is -2.34. The summed E-state index contributed by atoms with van der Waals surface area (Å²) in [5.74, 6) is 0.598. The van der Waals surface area contributed by atoms with Gasteiger partial charge < -0.3 is 4.74 Å². The van der Waals surface area contributed by atoms with Crippen molar-refractivity contribution >= 4 is 21.6 Å². The van der Waals surface area contributed by atoms with E-state index >= 15 is 0 Å². The SMILES string of the molecule is CCc1cccc2c1-c1ccc(CS(N)(=O)=O)cc1C(c1cccc(Cl)c1)O2. The average molecular weight is 414 g/mol. The normalized spacial score (nSPS) is 15.5. The maximum Gasteiger partial charge on any atom is 0.213 e. The van der Waals surface area contributed by atoms with E-state index in [0.29, 0.717) is 10.6 Å². The Morgan fingerprint density at radius 1 is 1.07 bits per heavy atom. The van der Waals surface area contributed by atoms with E-state index in [0.717, 1.165) is 34.4 Å². The van der Waals surface area contributed by atoms with Gasteiger partial charge in [0.05, 0.1) is 5.75 Å². The van der Waals surface area contributed by atoms with Crippen molar-refractivity contribution in [2.24, 2.45) is 5.14 Å². The quantitative estimate of drug-likeness (QED) is 0.665. The Labute approximate surface area is 170 Å². The number of benzene rings is 3. The predicted octanol–water partition coefficient (Wildman–Crippen LogP) is 4.84. The van der Waals surface area contributed by atoms with E-state index < -0.39 is 10.0 Å². The van der Waals surface area contributed by atoms with Crippen LogP contribution in [0.15, 0.2) is 60.7 Å². The zero-order valence-electron chi connectivity index (χ0n) is 15.4. The molecule has 0 bridgehead atoms. The molecule has 144 valence electrons. The number of sulfonamides is 1. The second-order valence-corrected chi connectivity index (χ2v) is 8.98. The fourth-order valence-electron chi connectivity index (χ4n) is 3.76. The van der Waals surface area contributed by atoms with Crippen LogP contribution in [0.1, 0.15) is 35.3 Å². The summed E-state index contributed by atoms with van der Waals surface area (Å²) in [6.07, 6.45) is 0.487. The summed E-state index contributed by atoms with van der Waals surface area (Å²) in [5.41, 5.74) is 5.74. The number of rotatable bonds is 4. The Kier molecular flexibility index (Phi) is 4.91. The van der Waals surface area contributed by atoms with Crippen LogP contribution >= 0.6 is 11.6 Å². The minimum absolute atomic E-state index is 0.217. The molecular weight excluding hydrogens is 394 g/mol. The van der Waals surface area contributed by atoms with E-state index in [9.17, 15) is 8.42 Å². The molecule has 1 aliphatic heterocycles. The average Bonchev–Trinajstić information content (AvgIpc) is 2.65. The molecule has 0 aliphatic carbocycles. The number of halogens is 1. The molecular formula is C22H20ClNO3S. The maximum atomic E-state index is 11.6. The molecule has 1 heterocycles. The van der Waals surface area contributed by atoms with Gasteiger partial charge in [-0.1, -0.05) is 61.0 Å². The highest BCUT2D eigenvalue weighted by Gasteiger charge is 2.29. The monoisotopic (exact) mass is 413 g/mol. The summed E-state index contributed by atoms with van der Waals surface area (Å²) in [6.45, 7) is 2.10. The van der Waals surface area contributed by atoms with Crippen molar-refractivity contribution in [3.8, 4) is 16.9 Å². The van der Waals surface area contributed by atoms with Crippen LogP contribution in [0, 0.1) is 0 Å². The van der Waals surface area contributed by atoms with Crippen LogP contribution in [-0.2, 0) is 22.2 Å². The van der Waals surface area contributed by atoms with Crippen molar-refractivity contribution in [3.63, 3.8) is 0 Å². The second kappa shape index (κ2) is 7.24. The molecule has 0 radical (unpaired) electrons. The molecule has 0 saturated heterocycles. The van der Waals surface area contributed by atoms with Crippen molar-refractivity contribution in [2.45, 2.75) is 25.2 Å². The lowest BCUT2D eigenvalue weighted by atomic mass is 9.86.